The lowest BCUT2D eigenvalue weighted by Crippen LogP contribution is -2.43. The average Bonchev–Trinajstić information content (AvgIpc) is 2.17. The summed E-state index contributed by atoms with van der Waals surface area (Å²) < 4.78 is 0. The van der Waals surface area contributed by atoms with E-state index in [1.54, 1.807) is 0 Å². The molecule has 1 aliphatic heterocycles. The minimum Gasteiger partial charge on any atom is -0.300 e. The van der Waals surface area contributed by atoms with Crippen molar-refractivity contribution >= 4 is 11.6 Å². The molecule has 0 aromatic heterocycles. The zero-order chi connectivity index (χ0) is 9.86. The molecule has 1 nitrogen and oxygen atoms in total. The standard InChI is InChI=1S/C12H20ClN/c13-8-1-2-9-14-10-6-12(7-11-14)4-3-5-12/h1-2H,3-11H2/b2-1+. The normalized spacial score (nSPS) is 26.9. The summed E-state index contributed by atoms with van der Waals surface area (Å²) >= 11 is 5.59. The van der Waals surface area contributed by atoms with E-state index in [1.807, 2.05) is 0 Å². The molecule has 1 heterocycles. The number of hydrogen-bond donors (Lipinski definition) is 0. The Morgan fingerprint density at radius 1 is 1.07 bits per heavy atom. The van der Waals surface area contributed by atoms with E-state index in [4.69, 9.17) is 11.6 Å². The molecule has 2 fully saturated rings. The third-order valence-electron chi connectivity index (χ3n) is 3.95. The lowest BCUT2D eigenvalue weighted by Gasteiger charge is -2.47. The quantitative estimate of drug-likeness (QED) is 0.515. The third kappa shape index (κ3) is 2.32. The first kappa shape index (κ1) is 10.5. The molecule has 0 bridgehead atoms. The van der Waals surface area contributed by atoms with Crippen molar-refractivity contribution in [3.8, 4) is 0 Å². The van der Waals surface area contributed by atoms with Gasteiger partial charge in [-0.05, 0) is 44.2 Å². The van der Waals surface area contributed by atoms with Gasteiger partial charge in [-0.1, -0.05) is 18.6 Å². The molecule has 0 radical (unpaired) electrons. The summed E-state index contributed by atoms with van der Waals surface area (Å²) in [5.74, 6) is 0.651. The smallest absolute Gasteiger partial charge is 0.0404 e. The molecule has 2 heteroatoms. The summed E-state index contributed by atoms with van der Waals surface area (Å²) in [7, 11) is 0. The maximum Gasteiger partial charge on any atom is 0.0404 e. The predicted molar refractivity (Wildman–Crippen MR) is 61.8 cm³/mol. The second kappa shape index (κ2) is 4.67. The molecule has 1 saturated heterocycles. The molecular weight excluding hydrogens is 194 g/mol. The fourth-order valence-electron chi connectivity index (χ4n) is 2.67. The van der Waals surface area contributed by atoms with Gasteiger partial charge in [0.2, 0.25) is 0 Å². The zero-order valence-corrected chi connectivity index (χ0v) is 9.60. The van der Waals surface area contributed by atoms with Gasteiger partial charge in [0.05, 0.1) is 0 Å². The van der Waals surface area contributed by atoms with Crippen LogP contribution < -0.4 is 0 Å². The average molecular weight is 214 g/mol. The topological polar surface area (TPSA) is 3.24 Å². The third-order valence-corrected chi connectivity index (χ3v) is 4.13. The molecule has 1 saturated carbocycles. The number of hydrogen-bond acceptors (Lipinski definition) is 1. The first-order chi connectivity index (χ1) is 6.85. The number of alkyl halides is 1. The first-order valence-electron chi connectivity index (χ1n) is 5.78. The van der Waals surface area contributed by atoms with E-state index in [-0.39, 0.29) is 0 Å². The Kier molecular flexibility index (Phi) is 3.51. The molecule has 2 aliphatic rings. The number of halogens is 1. The number of piperidine rings is 1. The molecule has 1 spiro atoms. The van der Waals surface area contributed by atoms with Crippen LogP contribution in [0.3, 0.4) is 0 Å². The molecule has 1 aliphatic carbocycles. The minimum absolute atomic E-state index is 0.651. The van der Waals surface area contributed by atoms with Gasteiger partial charge in [-0.25, -0.2) is 0 Å². The van der Waals surface area contributed by atoms with Crippen molar-refractivity contribution in [1.82, 2.24) is 4.90 Å². The second-order valence-corrected chi connectivity index (χ2v) is 5.09. The monoisotopic (exact) mass is 213 g/mol. The van der Waals surface area contributed by atoms with E-state index in [0.29, 0.717) is 5.88 Å². The molecule has 0 aromatic rings. The van der Waals surface area contributed by atoms with Gasteiger partial charge in [0.1, 0.15) is 0 Å². The molecule has 0 amide bonds. The van der Waals surface area contributed by atoms with Crippen molar-refractivity contribution < 1.29 is 0 Å². The molecule has 2 rings (SSSR count). The van der Waals surface area contributed by atoms with E-state index < -0.39 is 0 Å². The van der Waals surface area contributed by atoms with Crippen molar-refractivity contribution in [2.24, 2.45) is 5.41 Å². The van der Waals surface area contributed by atoms with Gasteiger partial charge in [0.15, 0.2) is 0 Å². The van der Waals surface area contributed by atoms with E-state index in [1.165, 1.54) is 45.2 Å². The van der Waals surface area contributed by atoms with Gasteiger partial charge in [0, 0.05) is 12.4 Å². The van der Waals surface area contributed by atoms with E-state index in [0.717, 1.165) is 12.0 Å². The fraction of sp³-hybridized carbons (Fsp3) is 0.833. The lowest BCUT2D eigenvalue weighted by molar-refractivity contribution is 0.0380. The van der Waals surface area contributed by atoms with E-state index >= 15 is 0 Å². The largest absolute Gasteiger partial charge is 0.300 e. The fourth-order valence-corrected chi connectivity index (χ4v) is 2.80. The van der Waals surface area contributed by atoms with Crippen LogP contribution in [0.15, 0.2) is 12.2 Å². The Morgan fingerprint density at radius 2 is 1.79 bits per heavy atom. The van der Waals surface area contributed by atoms with Crippen LogP contribution in [0.2, 0.25) is 0 Å². The highest BCUT2D eigenvalue weighted by molar-refractivity contribution is 6.18. The summed E-state index contributed by atoms with van der Waals surface area (Å²) in [4.78, 5) is 2.55. The summed E-state index contributed by atoms with van der Waals surface area (Å²) in [6.45, 7) is 3.70. The molecule has 0 N–H and O–H groups in total. The van der Waals surface area contributed by atoms with Gasteiger partial charge in [-0.3, -0.25) is 4.90 Å². The maximum atomic E-state index is 5.59. The molecule has 0 unspecified atom stereocenters. The molecule has 0 aromatic carbocycles. The SMILES string of the molecule is ClC/C=C/CN1CCC2(CCC2)CC1. The van der Waals surface area contributed by atoms with E-state index in [2.05, 4.69) is 17.1 Å². The van der Waals surface area contributed by atoms with Crippen LogP contribution in [-0.2, 0) is 0 Å². The van der Waals surface area contributed by atoms with Crippen molar-refractivity contribution in [3.63, 3.8) is 0 Å². The molecule has 80 valence electrons. The van der Waals surface area contributed by atoms with Crippen LogP contribution in [0.4, 0.5) is 0 Å². The van der Waals surface area contributed by atoms with Crippen LogP contribution in [0.5, 0.6) is 0 Å². The Morgan fingerprint density at radius 3 is 2.29 bits per heavy atom. The number of likely N-dealkylation sites (tertiary alicyclic amines) is 1. The predicted octanol–water partition coefficient (Wildman–Crippen LogP) is 3.05. The molecule has 14 heavy (non-hydrogen) atoms. The van der Waals surface area contributed by atoms with Crippen LogP contribution in [0.1, 0.15) is 32.1 Å². The van der Waals surface area contributed by atoms with Crippen LogP contribution in [0.25, 0.3) is 0 Å². The van der Waals surface area contributed by atoms with Gasteiger partial charge in [-0.2, -0.15) is 0 Å². The lowest BCUT2D eigenvalue weighted by atomic mass is 9.63. The molecular formula is C12H20ClN. The van der Waals surface area contributed by atoms with Crippen LogP contribution in [0, 0.1) is 5.41 Å². The first-order valence-corrected chi connectivity index (χ1v) is 6.31. The van der Waals surface area contributed by atoms with E-state index in [9.17, 15) is 0 Å². The van der Waals surface area contributed by atoms with Gasteiger partial charge in [-0.15, -0.1) is 11.6 Å². The highest BCUT2D eigenvalue weighted by Gasteiger charge is 2.38. The van der Waals surface area contributed by atoms with Crippen molar-refractivity contribution in [3.05, 3.63) is 12.2 Å². The summed E-state index contributed by atoms with van der Waals surface area (Å²) in [6.07, 6.45) is 11.6. The van der Waals surface area contributed by atoms with Crippen molar-refractivity contribution in [2.45, 2.75) is 32.1 Å². The Hall–Kier alpha value is -0.0100. The summed E-state index contributed by atoms with van der Waals surface area (Å²) in [5, 5.41) is 0. The van der Waals surface area contributed by atoms with Gasteiger partial charge < -0.3 is 0 Å². The summed E-state index contributed by atoms with van der Waals surface area (Å²) in [6, 6.07) is 0. The number of allylic oxidation sites excluding steroid dienone is 1. The van der Waals surface area contributed by atoms with Crippen molar-refractivity contribution in [1.29, 1.82) is 0 Å². The Labute approximate surface area is 92.1 Å². The van der Waals surface area contributed by atoms with Crippen molar-refractivity contribution in [2.75, 3.05) is 25.5 Å². The highest BCUT2D eigenvalue weighted by Crippen LogP contribution is 2.48. The van der Waals surface area contributed by atoms with Crippen LogP contribution in [-0.4, -0.2) is 30.4 Å². The second-order valence-electron chi connectivity index (χ2n) is 4.78. The van der Waals surface area contributed by atoms with Gasteiger partial charge >= 0.3 is 0 Å². The highest BCUT2D eigenvalue weighted by atomic mass is 35.5. The van der Waals surface area contributed by atoms with Crippen LogP contribution >= 0.6 is 11.6 Å². The zero-order valence-electron chi connectivity index (χ0n) is 8.84. The Bertz CT molecular complexity index is 198. The Balaban J connectivity index is 1.70. The minimum atomic E-state index is 0.651. The summed E-state index contributed by atoms with van der Waals surface area (Å²) in [5.41, 5.74) is 0.784. The molecule has 0 atom stereocenters. The number of nitrogens with zero attached hydrogens (tertiary/aromatic N) is 1. The van der Waals surface area contributed by atoms with Gasteiger partial charge in [0.25, 0.3) is 0 Å². The number of rotatable bonds is 3. The maximum absolute atomic E-state index is 5.59.